The predicted molar refractivity (Wildman–Crippen MR) is 70.4 cm³/mol. The summed E-state index contributed by atoms with van der Waals surface area (Å²) in [5, 5.41) is 9.93. The van der Waals surface area contributed by atoms with Gasteiger partial charge in [0.2, 0.25) is 6.41 Å². The van der Waals surface area contributed by atoms with Crippen LogP contribution in [0.25, 0.3) is 0 Å². The molecular formula is C12H21N3O3. The van der Waals surface area contributed by atoms with E-state index >= 15 is 0 Å². The fraction of sp³-hybridized carbons (Fsp3) is 0.583. The third-order valence-electron chi connectivity index (χ3n) is 2.25. The Bertz CT molecular complexity index is 404. The van der Waals surface area contributed by atoms with E-state index in [2.05, 4.69) is 4.98 Å². The topological polar surface area (TPSA) is 80.8 Å². The standard InChI is InChI=1S/C12H21N3O3/c1-12(2,3)18-11(16)15(4)10-6-9(17-5)8(13)7-14-10/h6-7,11,16H,13H2,1-5H3. The third-order valence-corrected chi connectivity index (χ3v) is 2.25. The molecule has 0 bridgehead atoms. The number of rotatable bonds is 4. The summed E-state index contributed by atoms with van der Waals surface area (Å²) in [4.78, 5) is 5.61. The van der Waals surface area contributed by atoms with Crippen molar-refractivity contribution in [3.05, 3.63) is 12.3 Å². The average molecular weight is 255 g/mol. The van der Waals surface area contributed by atoms with Crippen molar-refractivity contribution in [3.63, 3.8) is 0 Å². The number of aromatic nitrogens is 1. The van der Waals surface area contributed by atoms with Gasteiger partial charge in [-0.2, -0.15) is 0 Å². The van der Waals surface area contributed by atoms with Crippen LogP contribution in [0.5, 0.6) is 5.75 Å². The number of nitrogen functional groups attached to an aromatic ring is 1. The summed E-state index contributed by atoms with van der Waals surface area (Å²) in [6, 6.07) is 1.64. The van der Waals surface area contributed by atoms with Gasteiger partial charge < -0.3 is 25.2 Å². The molecule has 0 aliphatic heterocycles. The summed E-state index contributed by atoms with van der Waals surface area (Å²) in [6.45, 7) is 5.59. The molecule has 0 spiro atoms. The quantitative estimate of drug-likeness (QED) is 0.787. The minimum Gasteiger partial charge on any atom is -0.494 e. The van der Waals surface area contributed by atoms with Crippen molar-refractivity contribution < 1.29 is 14.6 Å². The number of aliphatic hydroxyl groups is 1. The number of nitrogens with two attached hydrogens (primary N) is 1. The van der Waals surface area contributed by atoms with Crippen LogP contribution in [0, 0.1) is 0 Å². The lowest BCUT2D eigenvalue weighted by Crippen LogP contribution is -2.39. The van der Waals surface area contributed by atoms with Crippen LogP contribution in [0.3, 0.4) is 0 Å². The predicted octanol–water partition coefficient (Wildman–Crippen LogP) is 1.20. The van der Waals surface area contributed by atoms with Crippen LogP contribution in [0.4, 0.5) is 11.5 Å². The van der Waals surface area contributed by atoms with Gasteiger partial charge in [-0.1, -0.05) is 0 Å². The lowest BCUT2D eigenvalue weighted by Gasteiger charge is -2.30. The van der Waals surface area contributed by atoms with Gasteiger partial charge in [-0.25, -0.2) is 4.98 Å². The van der Waals surface area contributed by atoms with Gasteiger partial charge in [-0.3, -0.25) is 0 Å². The number of hydrogen-bond donors (Lipinski definition) is 2. The second-order valence-corrected chi connectivity index (χ2v) is 4.95. The van der Waals surface area contributed by atoms with Crippen molar-refractivity contribution in [2.75, 3.05) is 24.8 Å². The second-order valence-electron chi connectivity index (χ2n) is 4.95. The minimum absolute atomic E-state index is 0.445. The van der Waals surface area contributed by atoms with Crippen LogP contribution in [0.15, 0.2) is 12.3 Å². The van der Waals surface area contributed by atoms with E-state index in [-0.39, 0.29) is 0 Å². The van der Waals surface area contributed by atoms with Crippen LogP contribution < -0.4 is 15.4 Å². The minimum atomic E-state index is -1.09. The Morgan fingerprint density at radius 1 is 1.44 bits per heavy atom. The molecular weight excluding hydrogens is 234 g/mol. The van der Waals surface area contributed by atoms with E-state index in [0.29, 0.717) is 17.3 Å². The van der Waals surface area contributed by atoms with Crippen molar-refractivity contribution in [2.24, 2.45) is 0 Å². The van der Waals surface area contributed by atoms with Crippen molar-refractivity contribution in [1.29, 1.82) is 0 Å². The number of aliphatic hydroxyl groups excluding tert-OH is 1. The zero-order chi connectivity index (χ0) is 13.9. The zero-order valence-corrected chi connectivity index (χ0v) is 11.5. The maximum atomic E-state index is 9.93. The highest BCUT2D eigenvalue weighted by Crippen LogP contribution is 2.25. The Labute approximate surface area is 107 Å². The van der Waals surface area contributed by atoms with Gasteiger partial charge >= 0.3 is 0 Å². The van der Waals surface area contributed by atoms with E-state index in [1.165, 1.54) is 18.2 Å². The van der Waals surface area contributed by atoms with E-state index < -0.39 is 12.0 Å². The SMILES string of the molecule is COc1cc(N(C)C(O)OC(C)(C)C)ncc1N. The van der Waals surface area contributed by atoms with Crippen LogP contribution in [-0.4, -0.2) is 36.3 Å². The van der Waals surface area contributed by atoms with Gasteiger partial charge in [-0.05, 0) is 20.8 Å². The first-order valence-electron chi connectivity index (χ1n) is 5.63. The van der Waals surface area contributed by atoms with Crippen molar-refractivity contribution in [2.45, 2.75) is 32.8 Å². The summed E-state index contributed by atoms with van der Waals surface area (Å²) in [6.07, 6.45) is 0.389. The summed E-state index contributed by atoms with van der Waals surface area (Å²) >= 11 is 0. The highest BCUT2D eigenvalue weighted by molar-refractivity contribution is 5.57. The van der Waals surface area contributed by atoms with Crippen molar-refractivity contribution >= 4 is 11.5 Å². The fourth-order valence-corrected chi connectivity index (χ4v) is 1.32. The molecule has 1 heterocycles. The van der Waals surface area contributed by atoms with Crippen LogP contribution in [0.2, 0.25) is 0 Å². The Morgan fingerprint density at radius 2 is 2.06 bits per heavy atom. The van der Waals surface area contributed by atoms with Crippen molar-refractivity contribution in [1.82, 2.24) is 4.98 Å². The molecule has 0 aromatic carbocycles. The molecule has 0 radical (unpaired) electrons. The number of methoxy groups -OCH3 is 1. The first-order valence-corrected chi connectivity index (χ1v) is 5.63. The molecule has 1 unspecified atom stereocenters. The van der Waals surface area contributed by atoms with E-state index in [1.54, 1.807) is 13.1 Å². The second kappa shape index (κ2) is 5.41. The van der Waals surface area contributed by atoms with Crippen molar-refractivity contribution in [3.8, 4) is 5.75 Å². The molecule has 6 heteroatoms. The van der Waals surface area contributed by atoms with Crippen LogP contribution in [-0.2, 0) is 4.74 Å². The third kappa shape index (κ3) is 3.75. The number of nitrogens with zero attached hydrogens (tertiary/aromatic N) is 2. The molecule has 1 aromatic rings. The molecule has 1 atom stereocenters. The summed E-state index contributed by atoms with van der Waals surface area (Å²) in [5.41, 5.74) is 5.67. The molecule has 102 valence electrons. The van der Waals surface area contributed by atoms with E-state index in [1.807, 2.05) is 20.8 Å². The number of ether oxygens (including phenoxy) is 2. The average Bonchev–Trinajstić information content (AvgIpc) is 2.26. The number of anilines is 2. The fourth-order valence-electron chi connectivity index (χ4n) is 1.32. The highest BCUT2D eigenvalue weighted by Gasteiger charge is 2.21. The number of pyridine rings is 1. The van der Waals surface area contributed by atoms with Gasteiger partial charge in [0.25, 0.3) is 0 Å². The molecule has 1 aromatic heterocycles. The Hall–Kier alpha value is -1.53. The molecule has 1 rings (SSSR count). The molecule has 0 fully saturated rings. The molecule has 0 saturated carbocycles. The van der Waals surface area contributed by atoms with Gasteiger partial charge in [0.1, 0.15) is 11.6 Å². The van der Waals surface area contributed by atoms with Crippen LogP contribution in [0.1, 0.15) is 20.8 Å². The van der Waals surface area contributed by atoms with Gasteiger partial charge in [0.15, 0.2) is 0 Å². The Morgan fingerprint density at radius 3 is 2.56 bits per heavy atom. The Kier molecular flexibility index (Phi) is 4.37. The molecule has 0 aliphatic rings. The van der Waals surface area contributed by atoms with E-state index in [4.69, 9.17) is 15.2 Å². The van der Waals surface area contributed by atoms with Gasteiger partial charge in [-0.15, -0.1) is 0 Å². The largest absolute Gasteiger partial charge is 0.494 e. The smallest absolute Gasteiger partial charge is 0.239 e. The maximum Gasteiger partial charge on any atom is 0.239 e. The van der Waals surface area contributed by atoms with E-state index in [0.717, 1.165) is 0 Å². The molecule has 0 saturated heterocycles. The monoisotopic (exact) mass is 255 g/mol. The van der Waals surface area contributed by atoms with Gasteiger partial charge in [0.05, 0.1) is 24.6 Å². The maximum absolute atomic E-state index is 9.93. The van der Waals surface area contributed by atoms with Gasteiger partial charge in [0, 0.05) is 13.1 Å². The van der Waals surface area contributed by atoms with Crippen LogP contribution >= 0.6 is 0 Å². The molecule has 0 amide bonds. The molecule has 3 N–H and O–H groups in total. The normalized spacial score (nSPS) is 13.2. The zero-order valence-electron chi connectivity index (χ0n) is 11.5. The first kappa shape index (κ1) is 14.5. The lowest BCUT2D eigenvalue weighted by molar-refractivity contribution is -0.163. The first-order chi connectivity index (χ1) is 8.24. The molecule has 18 heavy (non-hydrogen) atoms. The summed E-state index contributed by atoms with van der Waals surface area (Å²) in [7, 11) is 3.20. The molecule has 6 nitrogen and oxygen atoms in total. The molecule has 0 aliphatic carbocycles. The van der Waals surface area contributed by atoms with E-state index in [9.17, 15) is 5.11 Å². The lowest BCUT2D eigenvalue weighted by atomic mass is 10.2. The number of hydrogen-bond acceptors (Lipinski definition) is 6. The summed E-state index contributed by atoms with van der Waals surface area (Å²) in [5.74, 6) is 1.02. The summed E-state index contributed by atoms with van der Waals surface area (Å²) < 4.78 is 10.5. The highest BCUT2D eigenvalue weighted by atomic mass is 16.6. The Balaban J connectivity index is 2.86.